The molecule has 6 atom stereocenters. The maximum Gasteiger partial charge on any atom is 0.315 e. The van der Waals surface area contributed by atoms with Gasteiger partial charge in [0.2, 0.25) is 0 Å². The van der Waals surface area contributed by atoms with Crippen LogP contribution >= 0.6 is 0 Å². The number of nitrogens with zero attached hydrogens (tertiary/aromatic N) is 4. The third-order valence-electron chi connectivity index (χ3n) is 14.6. The van der Waals surface area contributed by atoms with Gasteiger partial charge in [-0.2, -0.15) is 0 Å². The molecule has 4 heterocycles. The van der Waals surface area contributed by atoms with E-state index in [1.54, 1.807) is 22.3 Å². The highest BCUT2D eigenvalue weighted by Crippen LogP contribution is 2.54. The zero-order valence-corrected chi connectivity index (χ0v) is 30.5. The summed E-state index contributed by atoms with van der Waals surface area (Å²) in [6.45, 7) is 6.48. The number of carbonyl (C=O) groups excluding carboxylic acids is 2. The number of carbonyl (C=O) groups is 2. The quantitative estimate of drug-likeness (QED) is 0.250. The van der Waals surface area contributed by atoms with Crippen LogP contribution in [0.15, 0.2) is 48.5 Å². The first kappa shape index (κ1) is 34.0. The minimum atomic E-state index is -0.370. The number of urea groups is 2. The van der Waals surface area contributed by atoms with E-state index >= 15 is 0 Å². The second kappa shape index (κ2) is 14.1. The maximum absolute atomic E-state index is 13.0. The van der Waals surface area contributed by atoms with Crippen LogP contribution in [-0.4, -0.2) is 68.9 Å². The second-order valence-electron chi connectivity index (χ2n) is 16.9. The van der Waals surface area contributed by atoms with Gasteiger partial charge in [-0.15, -0.1) is 0 Å². The number of rotatable bonds is 11. The molecule has 2 saturated carbocycles. The van der Waals surface area contributed by atoms with E-state index in [4.69, 9.17) is 11.5 Å². The Bertz CT molecular complexity index is 1360. The first-order chi connectivity index (χ1) is 24.3. The van der Waals surface area contributed by atoms with E-state index in [2.05, 4.69) is 72.2 Å². The summed E-state index contributed by atoms with van der Waals surface area (Å²) in [5.74, 6) is 1.37. The van der Waals surface area contributed by atoms with Crippen LogP contribution in [0.2, 0.25) is 0 Å². The zero-order valence-electron chi connectivity index (χ0n) is 30.5. The Hall–Kier alpha value is -3.10. The number of primary amides is 2. The molecule has 4 amide bonds. The first-order valence-electron chi connectivity index (χ1n) is 20.1. The SMILES string of the molecule is CC(C(C)N(C(N)=O)C1CCC(CCN2[C@@H]3CC[C@H]2c2ccccc23)CC1)N(C(N)=O)C1CCC(CCN2[C@@H]3CC[C@H]2c2ccccc23)CC1. The van der Waals surface area contributed by atoms with E-state index in [0.717, 1.165) is 64.5 Å². The van der Waals surface area contributed by atoms with Gasteiger partial charge < -0.3 is 21.3 Å². The van der Waals surface area contributed by atoms with Gasteiger partial charge in [0.25, 0.3) is 0 Å². The lowest BCUT2D eigenvalue weighted by atomic mass is 9.82. The van der Waals surface area contributed by atoms with Crippen molar-refractivity contribution >= 4 is 12.1 Å². The average Bonchev–Trinajstić information content (AvgIpc) is 3.89. The predicted octanol–water partition coefficient (Wildman–Crippen LogP) is 8.21. The van der Waals surface area contributed by atoms with Gasteiger partial charge >= 0.3 is 12.1 Å². The fraction of sp³-hybridized carbons (Fsp3) is 0.667. The monoisotopic (exact) mass is 680 g/mol. The summed E-state index contributed by atoms with van der Waals surface area (Å²) in [4.78, 5) is 35.4. The highest BCUT2D eigenvalue weighted by molar-refractivity contribution is 5.74. The van der Waals surface area contributed by atoms with Crippen LogP contribution in [0.25, 0.3) is 0 Å². The van der Waals surface area contributed by atoms with Gasteiger partial charge in [-0.1, -0.05) is 48.5 Å². The summed E-state index contributed by atoms with van der Waals surface area (Å²) in [7, 11) is 0. The Morgan fingerprint density at radius 3 is 1.14 bits per heavy atom. The summed E-state index contributed by atoms with van der Waals surface area (Å²) in [6, 6.07) is 19.6. The number of benzene rings is 2. The van der Waals surface area contributed by atoms with Crippen LogP contribution in [0.4, 0.5) is 9.59 Å². The normalized spacial score (nSPS) is 32.8. The summed E-state index contributed by atoms with van der Waals surface area (Å²) >= 11 is 0. The molecule has 0 aromatic heterocycles. The molecule has 0 spiro atoms. The van der Waals surface area contributed by atoms with Crippen molar-refractivity contribution in [1.82, 2.24) is 19.6 Å². The minimum Gasteiger partial charge on any atom is -0.351 e. The van der Waals surface area contributed by atoms with Gasteiger partial charge in [-0.05, 0) is 151 Å². The molecule has 2 unspecified atom stereocenters. The Morgan fingerprint density at radius 1 is 0.560 bits per heavy atom. The zero-order chi connectivity index (χ0) is 34.5. The van der Waals surface area contributed by atoms with Gasteiger partial charge in [-0.3, -0.25) is 9.80 Å². The largest absolute Gasteiger partial charge is 0.351 e. The average molecular weight is 681 g/mol. The van der Waals surface area contributed by atoms with Gasteiger partial charge in [0, 0.05) is 36.3 Å². The Kier molecular flexibility index (Phi) is 9.62. The topological polar surface area (TPSA) is 99.1 Å². The van der Waals surface area contributed by atoms with Gasteiger partial charge in [0.1, 0.15) is 0 Å². The van der Waals surface area contributed by atoms with Crippen molar-refractivity contribution in [2.24, 2.45) is 23.3 Å². The number of amides is 4. The van der Waals surface area contributed by atoms with Crippen molar-refractivity contribution in [3.8, 4) is 0 Å². The molecule has 2 saturated heterocycles. The van der Waals surface area contributed by atoms with Crippen LogP contribution < -0.4 is 11.5 Å². The lowest BCUT2D eigenvalue weighted by Crippen LogP contribution is -2.60. The molecule has 50 heavy (non-hydrogen) atoms. The molecule has 6 aliphatic rings. The third kappa shape index (κ3) is 6.12. The molecule has 2 aromatic rings. The summed E-state index contributed by atoms with van der Waals surface area (Å²) in [5, 5.41) is 0. The molecular weight excluding hydrogens is 621 g/mol. The lowest BCUT2D eigenvalue weighted by molar-refractivity contribution is 0.0548. The highest BCUT2D eigenvalue weighted by Gasteiger charge is 2.45. The van der Waals surface area contributed by atoms with Crippen molar-refractivity contribution in [2.45, 2.75) is 152 Å². The molecule has 2 aromatic carbocycles. The predicted molar refractivity (Wildman–Crippen MR) is 198 cm³/mol. The second-order valence-corrected chi connectivity index (χ2v) is 16.9. The Balaban J connectivity index is 0.818. The molecule has 4 N–H and O–H groups in total. The summed E-state index contributed by atoms with van der Waals surface area (Å²) in [5.41, 5.74) is 18.5. The molecule has 8 heteroatoms. The van der Waals surface area contributed by atoms with Gasteiger partial charge in [-0.25, -0.2) is 9.59 Å². The van der Waals surface area contributed by atoms with Crippen molar-refractivity contribution in [3.63, 3.8) is 0 Å². The van der Waals surface area contributed by atoms with Crippen LogP contribution in [0.3, 0.4) is 0 Å². The standard InChI is InChI=1S/C42H60N6O2/c1-27(47(41(43)49)31-15-11-29(12-16-31)23-25-45-37-19-20-38(45)34-8-4-3-7-33(34)37)28(2)48(42(44)50)32-17-13-30(14-18-32)24-26-46-39-21-22-40(46)36-10-6-5-9-35(36)39/h3-10,27-32,37-40H,11-26H2,1-2H3,(H2,43,49)(H2,44,50)/t27?,28?,29?,30?,31?,32?,37-,38+,39-,40+. The molecule has 0 radical (unpaired) electrons. The Labute approximate surface area is 299 Å². The van der Waals surface area contributed by atoms with Crippen LogP contribution in [0.5, 0.6) is 0 Å². The summed E-state index contributed by atoms with van der Waals surface area (Å²) < 4.78 is 0. The molecule has 8 rings (SSSR count). The van der Waals surface area contributed by atoms with E-state index in [9.17, 15) is 9.59 Å². The lowest BCUT2D eigenvalue weighted by Gasteiger charge is -2.46. The minimum absolute atomic E-state index is 0.117. The Morgan fingerprint density at radius 2 is 0.860 bits per heavy atom. The molecule has 4 bridgehead atoms. The van der Waals surface area contributed by atoms with Crippen LogP contribution in [-0.2, 0) is 0 Å². The number of nitrogens with two attached hydrogens (primary N) is 2. The number of hydrogen-bond acceptors (Lipinski definition) is 4. The van der Waals surface area contributed by atoms with E-state index in [1.807, 2.05) is 9.80 Å². The van der Waals surface area contributed by atoms with Crippen molar-refractivity contribution in [3.05, 3.63) is 70.8 Å². The van der Waals surface area contributed by atoms with Crippen molar-refractivity contribution in [1.29, 1.82) is 0 Å². The fourth-order valence-electron chi connectivity index (χ4n) is 11.9. The maximum atomic E-state index is 13.0. The molecule has 270 valence electrons. The highest BCUT2D eigenvalue weighted by atomic mass is 16.2. The molecule has 2 aliphatic carbocycles. The molecular formula is C42H60N6O2. The van der Waals surface area contributed by atoms with Crippen molar-refractivity contribution < 1.29 is 9.59 Å². The fourth-order valence-corrected chi connectivity index (χ4v) is 11.9. The molecule has 8 nitrogen and oxygen atoms in total. The van der Waals surface area contributed by atoms with E-state index in [1.165, 1.54) is 38.5 Å². The van der Waals surface area contributed by atoms with Crippen LogP contribution in [0.1, 0.15) is 150 Å². The van der Waals surface area contributed by atoms with E-state index in [-0.39, 0.29) is 36.2 Å². The number of hydrogen-bond donors (Lipinski definition) is 2. The van der Waals surface area contributed by atoms with Crippen LogP contribution in [0, 0.1) is 11.8 Å². The summed E-state index contributed by atoms with van der Waals surface area (Å²) in [6.07, 6.45) is 16.0. The molecule has 4 fully saturated rings. The smallest absolute Gasteiger partial charge is 0.315 e. The first-order valence-corrected chi connectivity index (χ1v) is 20.1. The molecule has 4 aliphatic heterocycles. The third-order valence-corrected chi connectivity index (χ3v) is 14.6. The van der Waals surface area contributed by atoms with Gasteiger partial charge in [0.05, 0.1) is 12.1 Å². The van der Waals surface area contributed by atoms with E-state index < -0.39 is 0 Å². The van der Waals surface area contributed by atoms with E-state index in [0.29, 0.717) is 36.0 Å². The van der Waals surface area contributed by atoms with Gasteiger partial charge in [0.15, 0.2) is 0 Å². The number of fused-ring (bicyclic) bond motifs is 10. The van der Waals surface area contributed by atoms with Crippen molar-refractivity contribution in [2.75, 3.05) is 13.1 Å².